The molecule has 3 rings (SSSR count). The lowest BCUT2D eigenvalue weighted by atomic mass is 10.1. The number of para-hydroxylation sites is 1. The van der Waals surface area contributed by atoms with Gasteiger partial charge in [-0.15, -0.1) is 0 Å². The van der Waals surface area contributed by atoms with Gasteiger partial charge in [0.25, 0.3) is 0 Å². The molecule has 0 aliphatic rings. The zero-order valence-electron chi connectivity index (χ0n) is 11.7. The third kappa shape index (κ3) is 3.00. The number of fused-ring (bicyclic) bond motifs is 1. The monoisotopic (exact) mass is 336 g/mol. The third-order valence-electron chi connectivity index (χ3n) is 3.39. The van der Waals surface area contributed by atoms with E-state index in [0.29, 0.717) is 10.0 Å². The quantitative estimate of drug-likeness (QED) is 0.626. The van der Waals surface area contributed by atoms with Crippen LogP contribution in [0, 0.1) is 6.92 Å². The fraction of sp³-hybridized carbons (Fsp3) is 0.188. The van der Waals surface area contributed by atoms with Gasteiger partial charge in [0, 0.05) is 10.0 Å². The first-order valence-corrected chi connectivity index (χ1v) is 8.19. The summed E-state index contributed by atoms with van der Waals surface area (Å²) in [5.41, 5.74) is 3.26. The summed E-state index contributed by atoms with van der Waals surface area (Å²) in [6, 6.07) is 11.8. The minimum atomic E-state index is 0.0654. The molecular formula is C16H14Cl2N2S. The number of anilines is 1. The molecule has 1 aromatic heterocycles. The van der Waals surface area contributed by atoms with E-state index in [4.69, 9.17) is 23.2 Å². The Balaban J connectivity index is 1.89. The molecule has 1 heterocycles. The fourth-order valence-electron chi connectivity index (χ4n) is 2.26. The van der Waals surface area contributed by atoms with Gasteiger partial charge in [-0.25, -0.2) is 4.98 Å². The second kappa shape index (κ2) is 5.84. The van der Waals surface area contributed by atoms with E-state index in [1.165, 1.54) is 10.3 Å². The minimum Gasteiger partial charge on any atom is -0.355 e. The van der Waals surface area contributed by atoms with Crippen molar-refractivity contribution in [3.05, 3.63) is 57.6 Å². The first kappa shape index (κ1) is 14.6. The SMILES string of the molecule is Cc1cccc2sc(NC(C)c3ccc(Cl)cc3Cl)nc12. The maximum Gasteiger partial charge on any atom is 0.184 e. The molecule has 0 aliphatic heterocycles. The van der Waals surface area contributed by atoms with Gasteiger partial charge >= 0.3 is 0 Å². The molecule has 108 valence electrons. The number of aryl methyl sites for hydroxylation is 1. The van der Waals surface area contributed by atoms with E-state index >= 15 is 0 Å². The van der Waals surface area contributed by atoms with Crippen LogP contribution in [0.15, 0.2) is 36.4 Å². The van der Waals surface area contributed by atoms with Crippen LogP contribution in [0.3, 0.4) is 0 Å². The van der Waals surface area contributed by atoms with Gasteiger partial charge in [0.15, 0.2) is 5.13 Å². The zero-order chi connectivity index (χ0) is 15.0. The van der Waals surface area contributed by atoms with E-state index in [9.17, 15) is 0 Å². The molecule has 0 aliphatic carbocycles. The summed E-state index contributed by atoms with van der Waals surface area (Å²) in [7, 11) is 0. The Labute approximate surface area is 137 Å². The summed E-state index contributed by atoms with van der Waals surface area (Å²) in [4.78, 5) is 4.66. The van der Waals surface area contributed by atoms with Crippen LogP contribution in [0.5, 0.6) is 0 Å². The first-order chi connectivity index (χ1) is 10.0. The Hall–Kier alpha value is -1.29. The van der Waals surface area contributed by atoms with Crippen molar-refractivity contribution in [3.63, 3.8) is 0 Å². The van der Waals surface area contributed by atoms with Gasteiger partial charge in [0.1, 0.15) is 0 Å². The molecule has 0 radical (unpaired) electrons. The molecule has 2 nitrogen and oxygen atoms in total. The average Bonchev–Trinajstić information content (AvgIpc) is 2.82. The van der Waals surface area contributed by atoms with Crippen molar-refractivity contribution in [2.45, 2.75) is 19.9 Å². The van der Waals surface area contributed by atoms with E-state index in [1.807, 2.05) is 12.1 Å². The van der Waals surface area contributed by atoms with Gasteiger partial charge in [-0.3, -0.25) is 0 Å². The number of benzene rings is 2. The molecule has 3 aromatic rings. The second-order valence-corrected chi connectivity index (χ2v) is 6.85. The molecule has 0 saturated heterocycles. The molecule has 5 heteroatoms. The number of nitrogens with zero attached hydrogens (tertiary/aromatic N) is 1. The largest absolute Gasteiger partial charge is 0.355 e. The number of aromatic nitrogens is 1. The fourth-order valence-corrected chi connectivity index (χ4v) is 3.87. The predicted octanol–water partition coefficient (Wildman–Crippen LogP) is 6.08. The van der Waals surface area contributed by atoms with Gasteiger partial charge < -0.3 is 5.32 Å². The minimum absolute atomic E-state index is 0.0654. The molecule has 2 aromatic carbocycles. The van der Waals surface area contributed by atoms with Crippen molar-refractivity contribution in [2.24, 2.45) is 0 Å². The van der Waals surface area contributed by atoms with Gasteiger partial charge in [0.05, 0.1) is 16.3 Å². The highest BCUT2D eigenvalue weighted by Gasteiger charge is 2.13. The number of rotatable bonds is 3. The Kier molecular flexibility index (Phi) is 4.07. The van der Waals surface area contributed by atoms with E-state index < -0.39 is 0 Å². The topological polar surface area (TPSA) is 24.9 Å². The van der Waals surface area contributed by atoms with Crippen LogP contribution in [-0.2, 0) is 0 Å². The van der Waals surface area contributed by atoms with Crippen molar-refractivity contribution in [2.75, 3.05) is 5.32 Å². The van der Waals surface area contributed by atoms with Gasteiger partial charge in [0.2, 0.25) is 0 Å². The van der Waals surface area contributed by atoms with Crippen molar-refractivity contribution in [1.29, 1.82) is 0 Å². The van der Waals surface area contributed by atoms with Crippen molar-refractivity contribution < 1.29 is 0 Å². The van der Waals surface area contributed by atoms with Crippen molar-refractivity contribution >= 4 is 49.9 Å². The van der Waals surface area contributed by atoms with Crippen LogP contribution in [0.1, 0.15) is 24.1 Å². The molecule has 0 bridgehead atoms. The Bertz CT molecular complexity index is 798. The van der Waals surface area contributed by atoms with Crippen LogP contribution in [-0.4, -0.2) is 4.98 Å². The predicted molar refractivity (Wildman–Crippen MR) is 92.9 cm³/mol. The lowest BCUT2D eigenvalue weighted by Gasteiger charge is -2.15. The van der Waals surface area contributed by atoms with Gasteiger partial charge in [-0.2, -0.15) is 0 Å². The van der Waals surface area contributed by atoms with Crippen LogP contribution in [0.2, 0.25) is 10.0 Å². The molecule has 0 saturated carbocycles. The summed E-state index contributed by atoms with van der Waals surface area (Å²) in [5.74, 6) is 0. The second-order valence-electron chi connectivity index (χ2n) is 4.97. The molecule has 0 spiro atoms. The van der Waals surface area contributed by atoms with Crippen LogP contribution < -0.4 is 5.32 Å². The highest BCUT2D eigenvalue weighted by Crippen LogP contribution is 2.32. The molecule has 1 N–H and O–H groups in total. The summed E-state index contributed by atoms with van der Waals surface area (Å²) in [6.45, 7) is 4.14. The summed E-state index contributed by atoms with van der Waals surface area (Å²) in [5, 5.41) is 5.63. The normalized spacial score (nSPS) is 12.6. The van der Waals surface area contributed by atoms with Crippen LogP contribution >= 0.6 is 34.5 Å². The molecule has 1 atom stereocenters. The Morgan fingerprint density at radius 3 is 2.71 bits per heavy atom. The lowest BCUT2D eigenvalue weighted by Crippen LogP contribution is -2.06. The zero-order valence-corrected chi connectivity index (χ0v) is 14.0. The standard InChI is InChI=1S/C16H14Cl2N2S/c1-9-4-3-5-14-15(9)20-16(21-14)19-10(2)12-7-6-11(17)8-13(12)18/h3-8,10H,1-2H3,(H,19,20). The number of thiazole rings is 1. The molecule has 1 unspecified atom stereocenters. The number of hydrogen-bond donors (Lipinski definition) is 1. The maximum atomic E-state index is 6.25. The average molecular weight is 337 g/mol. The summed E-state index contributed by atoms with van der Waals surface area (Å²) < 4.78 is 1.19. The highest BCUT2D eigenvalue weighted by molar-refractivity contribution is 7.22. The highest BCUT2D eigenvalue weighted by atomic mass is 35.5. The number of halogens is 2. The molecular weight excluding hydrogens is 323 g/mol. The maximum absolute atomic E-state index is 6.25. The number of nitrogens with one attached hydrogen (secondary N) is 1. The van der Waals surface area contributed by atoms with Crippen LogP contribution in [0.4, 0.5) is 5.13 Å². The lowest BCUT2D eigenvalue weighted by molar-refractivity contribution is 0.883. The van der Waals surface area contributed by atoms with Crippen molar-refractivity contribution in [3.8, 4) is 0 Å². The third-order valence-corrected chi connectivity index (χ3v) is 4.90. The van der Waals surface area contributed by atoms with Gasteiger partial charge in [-0.05, 0) is 43.2 Å². The van der Waals surface area contributed by atoms with Crippen LogP contribution in [0.25, 0.3) is 10.2 Å². The van der Waals surface area contributed by atoms with Gasteiger partial charge in [-0.1, -0.05) is 52.7 Å². The van der Waals surface area contributed by atoms with E-state index in [2.05, 4.69) is 42.3 Å². The first-order valence-electron chi connectivity index (χ1n) is 6.62. The van der Waals surface area contributed by atoms with E-state index in [-0.39, 0.29) is 6.04 Å². The number of hydrogen-bond acceptors (Lipinski definition) is 3. The smallest absolute Gasteiger partial charge is 0.184 e. The molecule has 21 heavy (non-hydrogen) atoms. The molecule has 0 amide bonds. The Morgan fingerprint density at radius 1 is 1.19 bits per heavy atom. The Morgan fingerprint density at radius 2 is 2.00 bits per heavy atom. The van der Waals surface area contributed by atoms with Crippen molar-refractivity contribution in [1.82, 2.24) is 4.98 Å². The van der Waals surface area contributed by atoms with E-state index in [1.54, 1.807) is 17.4 Å². The summed E-state index contributed by atoms with van der Waals surface area (Å²) >= 11 is 13.8. The molecule has 0 fully saturated rings. The van der Waals surface area contributed by atoms with E-state index in [0.717, 1.165) is 16.2 Å². The summed E-state index contributed by atoms with van der Waals surface area (Å²) in [6.07, 6.45) is 0.